The van der Waals surface area contributed by atoms with Gasteiger partial charge in [-0.15, -0.1) is 0 Å². The lowest BCUT2D eigenvalue weighted by Crippen LogP contribution is -2.14. The van der Waals surface area contributed by atoms with Crippen LogP contribution in [0.25, 0.3) is 11.1 Å². The molecule has 0 nitrogen and oxygen atoms in total. The lowest BCUT2D eigenvalue weighted by molar-refractivity contribution is 0.301. The maximum atomic E-state index is 2.53. The molecule has 2 aromatic rings. The van der Waals surface area contributed by atoms with Crippen LogP contribution in [-0.2, 0) is 0 Å². The van der Waals surface area contributed by atoms with E-state index in [4.69, 9.17) is 0 Å². The first kappa shape index (κ1) is 35.3. The average molecular weight is 599 g/mol. The molecule has 2 fully saturated rings. The van der Waals surface area contributed by atoms with Crippen molar-refractivity contribution in [1.29, 1.82) is 0 Å². The summed E-state index contributed by atoms with van der Waals surface area (Å²) in [5.74, 6) is 3.53. The minimum atomic E-state index is 0.776. The van der Waals surface area contributed by atoms with E-state index in [-0.39, 0.29) is 0 Å². The van der Waals surface area contributed by atoms with E-state index in [0.717, 1.165) is 23.7 Å². The summed E-state index contributed by atoms with van der Waals surface area (Å²) in [5, 5.41) is 0. The summed E-state index contributed by atoms with van der Waals surface area (Å²) in [6.07, 6.45) is 34.5. The highest BCUT2D eigenvalue weighted by molar-refractivity contribution is 5.69. The largest absolute Gasteiger partial charge is 0.0654 e. The van der Waals surface area contributed by atoms with E-state index in [1.165, 1.54) is 176 Å². The number of hydrogen-bond donors (Lipinski definition) is 0. The molecule has 0 N–H and O–H groups in total. The van der Waals surface area contributed by atoms with Gasteiger partial charge >= 0.3 is 0 Å². The van der Waals surface area contributed by atoms with Gasteiger partial charge in [0.25, 0.3) is 0 Å². The Hall–Kier alpha value is -1.56. The van der Waals surface area contributed by atoms with Crippen molar-refractivity contribution in [3.05, 3.63) is 58.7 Å². The summed E-state index contributed by atoms with van der Waals surface area (Å²) in [5.41, 5.74) is 9.06. The Morgan fingerprint density at radius 2 is 0.977 bits per heavy atom. The monoisotopic (exact) mass is 599 g/mol. The number of hydrogen-bond acceptors (Lipinski definition) is 0. The lowest BCUT2D eigenvalue weighted by Gasteiger charge is -2.30. The fraction of sp³-hybridized carbons (Fsp3) is 0.727. The maximum absolute atomic E-state index is 2.53. The third-order valence-electron chi connectivity index (χ3n) is 11.9. The fourth-order valence-corrected chi connectivity index (χ4v) is 8.89. The molecule has 0 heteroatoms. The molecule has 246 valence electrons. The van der Waals surface area contributed by atoms with Gasteiger partial charge in [0.2, 0.25) is 0 Å². The molecule has 0 saturated heterocycles. The molecule has 2 aromatic carbocycles. The first-order valence-corrected chi connectivity index (χ1v) is 19.8. The zero-order chi connectivity index (χ0) is 31.0. The normalized spacial score (nSPS) is 22.4. The number of unbranched alkanes of at least 4 members (excludes halogenated alkanes) is 12. The first-order valence-electron chi connectivity index (χ1n) is 19.8. The minimum absolute atomic E-state index is 0.776. The van der Waals surface area contributed by atoms with Gasteiger partial charge in [-0.1, -0.05) is 153 Å². The molecule has 0 heterocycles. The van der Waals surface area contributed by atoms with Gasteiger partial charge in [0.05, 0.1) is 0 Å². The predicted molar refractivity (Wildman–Crippen MR) is 196 cm³/mol. The molecule has 0 spiro atoms. The minimum Gasteiger partial charge on any atom is -0.0654 e. The molecule has 0 unspecified atom stereocenters. The van der Waals surface area contributed by atoms with Gasteiger partial charge in [0.15, 0.2) is 0 Å². The topological polar surface area (TPSA) is 0 Å². The maximum Gasteiger partial charge on any atom is -0.0154 e. The van der Waals surface area contributed by atoms with E-state index in [1.54, 1.807) is 11.1 Å². The number of rotatable bonds is 19. The Balaban J connectivity index is 1.19. The van der Waals surface area contributed by atoms with Gasteiger partial charge in [-0.25, -0.2) is 0 Å². The third kappa shape index (κ3) is 11.4. The van der Waals surface area contributed by atoms with Crippen LogP contribution in [-0.4, -0.2) is 0 Å². The zero-order valence-electron chi connectivity index (χ0n) is 29.7. The number of benzene rings is 2. The lowest BCUT2D eigenvalue weighted by atomic mass is 9.75. The van der Waals surface area contributed by atoms with Crippen molar-refractivity contribution in [3.8, 4) is 11.1 Å². The van der Waals surface area contributed by atoms with E-state index in [1.807, 2.05) is 0 Å². The van der Waals surface area contributed by atoms with Crippen molar-refractivity contribution in [1.82, 2.24) is 0 Å². The molecule has 0 aliphatic heterocycles. The third-order valence-corrected chi connectivity index (χ3v) is 11.9. The highest BCUT2D eigenvalue weighted by atomic mass is 14.3. The van der Waals surface area contributed by atoms with Crippen LogP contribution in [0.15, 0.2) is 36.4 Å². The summed E-state index contributed by atoms with van der Waals surface area (Å²) in [6, 6.07) is 14.9. The van der Waals surface area contributed by atoms with Crippen LogP contribution in [0.5, 0.6) is 0 Å². The molecule has 0 atom stereocenters. The molecule has 0 bridgehead atoms. The molecule has 2 saturated carbocycles. The highest BCUT2D eigenvalue weighted by Gasteiger charge is 2.24. The smallest absolute Gasteiger partial charge is 0.0154 e. The number of aryl methyl sites for hydroxylation is 2. The molecular weight excluding hydrogens is 528 g/mol. The molecule has 0 radical (unpaired) electrons. The van der Waals surface area contributed by atoms with Gasteiger partial charge in [-0.2, -0.15) is 0 Å². The SMILES string of the molecule is CCCCCCCCC[C@H]1CC[C@H](c2ccc(-c3ccc([C@H]4CC[C@H](CCCCCCCCC)CC4)c(C)c3)c(C)c2)CC1. The fourth-order valence-electron chi connectivity index (χ4n) is 8.89. The predicted octanol–water partition coefficient (Wildman–Crippen LogP) is 14.8. The Morgan fingerprint density at radius 1 is 0.477 bits per heavy atom. The van der Waals surface area contributed by atoms with E-state index in [2.05, 4.69) is 64.1 Å². The summed E-state index contributed by atoms with van der Waals surface area (Å²) in [4.78, 5) is 0. The molecule has 0 amide bonds. The van der Waals surface area contributed by atoms with E-state index >= 15 is 0 Å². The van der Waals surface area contributed by atoms with Crippen molar-refractivity contribution in [2.75, 3.05) is 0 Å². The Bertz CT molecular complexity index is 1050. The van der Waals surface area contributed by atoms with Crippen LogP contribution < -0.4 is 0 Å². The van der Waals surface area contributed by atoms with Crippen LogP contribution in [0.1, 0.15) is 202 Å². The van der Waals surface area contributed by atoms with E-state index < -0.39 is 0 Å². The second-order valence-corrected chi connectivity index (χ2v) is 15.4. The second kappa shape index (κ2) is 19.8. The summed E-state index contributed by atoms with van der Waals surface area (Å²) < 4.78 is 0. The molecule has 4 rings (SSSR count). The summed E-state index contributed by atoms with van der Waals surface area (Å²) in [6.45, 7) is 9.35. The molecular formula is C44H70. The summed E-state index contributed by atoms with van der Waals surface area (Å²) in [7, 11) is 0. The second-order valence-electron chi connectivity index (χ2n) is 15.4. The first-order chi connectivity index (χ1) is 21.6. The molecule has 2 aliphatic carbocycles. The van der Waals surface area contributed by atoms with Crippen LogP contribution in [0.2, 0.25) is 0 Å². The van der Waals surface area contributed by atoms with Crippen molar-refractivity contribution >= 4 is 0 Å². The van der Waals surface area contributed by atoms with Gasteiger partial charge in [-0.05, 0) is 122 Å². The van der Waals surface area contributed by atoms with E-state index in [0.29, 0.717) is 0 Å². The highest BCUT2D eigenvalue weighted by Crippen LogP contribution is 2.41. The average Bonchev–Trinajstić information content (AvgIpc) is 3.04. The van der Waals surface area contributed by atoms with E-state index in [9.17, 15) is 0 Å². The van der Waals surface area contributed by atoms with Crippen LogP contribution in [0.3, 0.4) is 0 Å². The van der Waals surface area contributed by atoms with Crippen molar-refractivity contribution in [2.24, 2.45) is 11.8 Å². The van der Waals surface area contributed by atoms with Gasteiger partial charge < -0.3 is 0 Å². The van der Waals surface area contributed by atoms with Crippen LogP contribution in [0.4, 0.5) is 0 Å². The van der Waals surface area contributed by atoms with Crippen LogP contribution >= 0.6 is 0 Å². The Labute approximate surface area is 274 Å². The zero-order valence-corrected chi connectivity index (χ0v) is 29.7. The van der Waals surface area contributed by atoms with Crippen molar-refractivity contribution < 1.29 is 0 Å². The van der Waals surface area contributed by atoms with Gasteiger partial charge in [0.1, 0.15) is 0 Å². The Morgan fingerprint density at radius 3 is 1.48 bits per heavy atom. The quantitative estimate of drug-likeness (QED) is 0.141. The summed E-state index contributed by atoms with van der Waals surface area (Å²) >= 11 is 0. The van der Waals surface area contributed by atoms with Crippen molar-refractivity contribution in [2.45, 2.75) is 194 Å². The molecule has 44 heavy (non-hydrogen) atoms. The van der Waals surface area contributed by atoms with Crippen molar-refractivity contribution in [3.63, 3.8) is 0 Å². The standard InChI is InChI=1S/C44H70/c1-5-7-9-11-13-15-17-19-37-21-25-39(26-22-37)41-29-31-44(35(3)33-41)42-30-32-43(36(4)34-42)40-27-23-38(24-28-40)20-18-16-14-12-10-8-6-2/h29-34,37-40H,5-28H2,1-4H3/t37-,38-,39-,40-. The molecule has 0 aromatic heterocycles. The van der Waals surface area contributed by atoms with Gasteiger partial charge in [-0.3, -0.25) is 0 Å². The van der Waals surface area contributed by atoms with Gasteiger partial charge in [0, 0.05) is 0 Å². The van der Waals surface area contributed by atoms with Crippen LogP contribution in [0, 0.1) is 25.7 Å². The Kier molecular flexibility index (Phi) is 15.9. The molecule has 2 aliphatic rings.